The first-order chi connectivity index (χ1) is 11.6. The van der Waals surface area contributed by atoms with Crippen LogP contribution in [0.25, 0.3) is 0 Å². The summed E-state index contributed by atoms with van der Waals surface area (Å²) >= 11 is 0. The second-order valence-corrected chi connectivity index (χ2v) is 7.21. The highest BCUT2D eigenvalue weighted by Gasteiger charge is 2.28. The molecule has 2 nitrogen and oxygen atoms in total. The molecule has 1 heterocycles. The summed E-state index contributed by atoms with van der Waals surface area (Å²) in [5.41, 5.74) is 3.69. The Morgan fingerprint density at radius 3 is 2.29 bits per heavy atom. The number of hydrogen-bond donors (Lipinski definition) is 1. The molecule has 0 aliphatic carbocycles. The zero-order valence-electron chi connectivity index (χ0n) is 14.9. The topological polar surface area (TPSA) is 23.5 Å². The van der Waals surface area contributed by atoms with Crippen LogP contribution in [0.1, 0.15) is 42.6 Å². The summed E-state index contributed by atoms with van der Waals surface area (Å²) in [6.07, 6.45) is 3.22. The highest BCUT2D eigenvalue weighted by atomic mass is 16.3. The molecule has 24 heavy (non-hydrogen) atoms. The number of rotatable bonds is 5. The van der Waals surface area contributed by atoms with Gasteiger partial charge in [0.25, 0.3) is 0 Å². The molecule has 2 aromatic rings. The maximum atomic E-state index is 10.8. The van der Waals surface area contributed by atoms with E-state index in [4.69, 9.17) is 0 Å². The lowest BCUT2D eigenvalue weighted by Gasteiger charge is -2.38. The monoisotopic (exact) mass is 323 g/mol. The smallest absolute Gasteiger partial charge is 0.0945 e. The fourth-order valence-corrected chi connectivity index (χ4v) is 3.89. The van der Waals surface area contributed by atoms with Crippen molar-refractivity contribution in [2.75, 3.05) is 13.1 Å². The molecule has 1 aliphatic heterocycles. The Morgan fingerprint density at radius 2 is 1.62 bits per heavy atom. The molecule has 1 fully saturated rings. The van der Waals surface area contributed by atoms with E-state index in [1.54, 1.807) is 0 Å². The van der Waals surface area contributed by atoms with Gasteiger partial charge in [0.15, 0.2) is 0 Å². The van der Waals surface area contributed by atoms with Crippen molar-refractivity contribution >= 4 is 0 Å². The van der Waals surface area contributed by atoms with Crippen molar-refractivity contribution in [2.45, 2.75) is 45.3 Å². The van der Waals surface area contributed by atoms with E-state index in [9.17, 15) is 5.11 Å². The molecule has 2 heteroatoms. The van der Waals surface area contributed by atoms with Crippen LogP contribution >= 0.6 is 0 Å². The lowest BCUT2D eigenvalue weighted by molar-refractivity contribution is 0.0370. The molecule has 0 radical (unpaired) electrons. The van der Waals surface area contributed by atoms with E-state index in [0.717, 1.165) is 24.6 Å². The summed E-state index contributed by atoms with van der Waals surface area (Å²) in [5.74, 6) is 0.770. The maximum absolute atomic E-state index is 10.8. The van der Waals surface area contributed by atoms with Gasteiger partial charge in [-0.2, -0.15) is 0 Å². The summed E-state index contributed by atoms with van der Waals surface area (Å²) in [5, 5.41) is 10.8. The predicted octanol–water partition coefficient (Wildman–Crippen LogP) is 4.37. The molecule has 2 aromatic carbocycles. The van der Waals surface area contributed by atoms with Crippen molar-refractivity contribution in [3.63, 3.8) is 0 Å². The van der Waals surface area contributed by atoms with Crippen LogP contribution in [0.3, 0.4) is 0 Å². The Hall–Kier alpha value is -1.64. The number of likely N-dealkylation sites (tertiary alicyclic amines) is 1. The van der Waals surface area contributed by atoms with Crippen LogP contribution in [0.4, 0.5) is 0 Å². The first-order valence-corrected chi connectivity index (χ1v) is 9.16. The van der Waals surface area contributed by atoms with Crippen molar-refractivity contribution in [3.05, 3.63) is 71.3 Å². The average Bonchev–Trinajstić information content (AvgIpc) is 2.62. The summed E-state index contributed by atoms with van der Waals surface area (Å²) in [7, 11) is 0. The third-order valence-corrected chi connectivity index (χ3v) is 5.56. The molecular formula is C22H29NO. The summed E-state index contributed by atoms with van der Waals surface area (Å²) in [6, 6.07) is 19.2. The predicted molar refractivity (Wildman–Crippen MR) is 100 cm³/mol. The minimum atomic E-state index is -0.406. The summed E-state index contributed by atoms with van der Waals surface area (Å²) in [6.45, 7) is 6.41. The van der Waals surface area contributed by atoms with Crippen LogP contribution in [0.5, 0.6) is 0 Å². The Bertz CT molecular complexity index is 631. The van der Waals surface area contributed by atoms with E-state index in [2.05, 4.69) is 61.2 Å². The van der Waals surface area contributed by atoms with Crippen molar-refractivity contribution < 1.29 is 5.11 Å². The lowest BCUT2D eigenvalue weighted by Crippen LogP contribution is -2.43. The van der Waals surface area contributed by atoms with Gasteiger partial charge in [-0.3, -0.25) is 4.90 Å². The molecule has 0 bridgehead atoms. The molecule has 0 aromatic heterocycles. The number of aryl methyl sites for hydroxylation is 1. The fourth-order valence-electron chi connectivity index (χ4n) is 3.89. The van der Waals surface area contributed by atoms with Gasteiger partial charge in [0, 0.05) is 6.04 Å². The minimum absolute atomic E-state index is 0.170. The molecule has 1 aliphatic rings. The van der Waals surface area contributed by atoms with Gasteiger partial charge in [0.1, 0.15) is 0 Å². The van der Waals surface area contributed by atoms with E-state index in [1.165, 1.54) is 30.4 Å². The van der Waals surface area contributed by atoms with Gasteiger partial charge in [-0.1, -0.05) is 54.6 Å². The lowest BCUT2D eigenvalue weighted by atomic mass is 9.88. The van der Waals surface area contributed by atoms with E-state index in [0.29, 0.717) is 0 Å². The van der Waals surface area contributed by atoms with Gasteiger partial charge < -0.3 is 5.11 Å². The largest absolute Gasteiger partial charge is 0.387 e. The Balaban J connectivity index is 1.55. The molecule has 0 amide bonds. The van der Waals surface area contributed by atoms with E-state index in [1.807, 2.05) is 12.1 Å². The van der Waals surface area contributed by atoms with Crippen LogP contribution in [0.15, 0.2) is 54.6 Å². The zero-order chi connectivity index (χ0) is 16.9. The number of aliphatic hydroxyl groups excluding tert-OH is 1. The van der Waals surface area contributed by atoms with E-state index in [-0.39, 0.29) is 6.04 Å². The third kappa shape index (κ3) is 4.06. The van der Waals surface area contributed by atoms with Gasteiger partial charge in [-0.15, -0.1) is 0 Å². The molecule has 1 N–H and O–H groups in total. The Kier molecular flexibility index (Phi) is 5.70. The van der Waals surface area contributed by atoms with Crippen LogP contribution < -0.4 is 0 Å². The average molecular weight is 323 g/mol. The van der Waals surface area contributed by atoms with Gasteiger partial charge in [-0.25, -0.2) is 0 Å². The van der Waals surface area contributed by atoms with Gasteiger partial charge in [0.05, 0.1) is 6.10 Å². The fraction of sp³-hybridized carbons (Fsp3) is 0.455. The van der Waals surface area contributed by atoms with Crippen molar-refractivity contribution in [1.29, 1.82) is 0 Å². The normalized spacial score (nSPS) is 19.1. The Labute approximate surface area is 146 Å². The molecule has 128 valence electrons. The van der Waals surface area contributed by atoms with Crippen LogP contribution in [0, 0.1) is 12.8 Å². The SMILES string of the molecule is Cc1ccccc1C(O)C(C)N1CCC(Cc2ccccc2)CC1. The number of piperidine rings is 1. The number of benzene rings is 2. The molecule has 2 atom stereocenters. The van der Waals surface area contributed by atoms with Gasteiger partial charge >= 0.3 is 0 Å². The Morgan fingerprint density at radius 1 is 1.00 bits per heavy atom. The van der Waals surface area contributed by atoms with E-state index < -0.39 is 6.10 Å². The quantitative estimate of drug-likeness (QED) is 0.883. The van der Waals surface area contributed by atoms with Gasteiger partial charge in [-0.05, 0) is 68.8 Å². The highest BCUT2D eigenvalue weighted by molar-refractivity contribution is 5.28. The summed E-state index contributed by atoms with van der Waals surface area (Å²) < 4.78 is 0. The minimum Gasteiger partial charge on any atom is -0.387 e. The second kappa shape index (κ2) is 7.96. The number of aliphatic hydroxyl groups is 1. The van der Waals surface area contributed by atoms with Crippen molar-refractivity contribution in [2.24, 2.45) is 5.92 Å². The molecule has 2 unspecified atom stereocenters. The standard InChI is InChI=1S/C22H29NO/c1-17-8-6-7-11-21(17)22(24)18(2)23-14-12-20(13-15-23)16-19-9-4-3-5-10-19/h3-11,18,20,22,24H,12-16H2,1-2H3. The third-order valence-electron chi connectivity index (χ3n) is 5.56. The summed E-state index contributed by atoms with van der Waals surface area (Å²) in [4.78, 5) is 2.46. The molecule has 1 saturated heterocycles. The van der Waals surface area contributed by atoms with Crippen LogP contribution in [-0.4, -0.2) is 29.1 Å². The number of nitrogens with zero attached hydrogens (tertiary/aromatic N) is 1. The first-order valence-electron chi connectivity index (χ1n) is 9.16. The molecule has 3 rings (SSSR count). The van der Waals surface area contributed by atoms with Crippen molar-refractivity contribution in [3.8, 4) is 0 Å². The molecule has 0 saturated carbocycles. The van der Waals surface area contributed by atoms with Gasteiger partial charge in [0.2, 0.25) is 0 Å². The highest BCUT2D eigenvalue weighted by Crippen LogP contribution is 2.28. The number of hydrogen-bond acceptors (Lipinski definition) is 2. The van der Waals surface area contributed by atoms with E-state index >= 15 is 0 Å². The van der Waals surface area contributed by atoms with Crippen LogP contribution in [-0.2, 0) is 6.42 Å². The van der Waals surface area contributed by atoms with Crippen molar-refractivity contribution in [1.82, 2.24) is 4.90 Å². The zero-order valence-corrected chi connectivity index (χ0v) is 14.9. The molecular weight excluding hydrogens is 294 g/mol. The van der Waals surface area contributed by atoms with Crippen LogP contribution in [0.2, 0.25) is 0 Å². The first kappa shape index (κ1) is 17.2. The molecule has 0 spiro atoms. The maximum Gasteiger partial charge on any atom is 0.0945 e. The second-order valence-electron chi connectivity index (χ2n) is 7.21.